The molecule has 1 aromatic heterocycles. The van der Waals surface area contributed by atoms with Gasteiger partial charge in [-0.05, 0) is 72.5 Å². The van der Waals surface area contributed by atoms with Gasteiger partial charge in [0.05, 0.1) is 5.02 Å². The third-order valence-electron chi connectivity index (χ3n) is 6.69. The molecule has 0 aliphatic heterocycles. The Kier molecular flexibility index (Phi) is 3.34. The molecule has 0 radical (unpaired) electrons. The smallest absolute Gasteiger partial charge is 0.0502 e. The van der Waals surface area contributed by atoms with E-state index in [1.807, 2.05) is 12.1 Å². The number of aromatic nitrogens is 1. The van der Waals surface area contributed by atoms with Crippen LogP contribution in [0.5, 0.6) is 0 Å². The fourth-order valence-corrected chi connectivity index (χ4v) is 5.32. The zero-order valence-corrected chi connectivity index (χ0v) is 14.6. The van der Waals surface area contributed by atoms with E-state index in [1.54, 1.807) is 0 Å². The first-order valence-corrected chi connectivity index (χ1v) is 9.11. The van der Waals surface area contributed by atoms with Crippen LogP contribution in [0.2, 0.25) is 5.02 Å². The summed E-state index contributed by atoms with van der Waals surface area (Å²) in [4.78, 5) is 3.38. The van der Waals surface area contributed by atoms with Gasteiger partial charge in [-0.3, -0.25) is 0 Å². The van der Waals surface area contributed by atoms with Crippen LogP contribution in [0.3, 0.4) is 0 Å². The maximum atomic E-state index is 6.41. The highest BCUT2D eigenvalue weighted by molar-refractivity contribution is 6.35. The van der Waals surface area contributed by atoms with E-state index in [4.69, 9.17) is 11.6 Å². The van der Waals surface area contributed by atoms with E-state index in [9.17, 15) is 0 Å². The second-order valence-electron chi connectivity index (χ2n) is 8.26. The van der Waals surface area contributed by atoms with E-state index >= 15 is 0 Å². The van der Waals surface area contributed by atoms with Crippen molar-refractivity contribution in [3.63, 3.8) is 0 Å². The molecule has 118 valence electrons. The number of hydrogen-bond acceptors (Lipinski definition) is 0. The SMILES string of the molecule is CC(CCC1C[C@@H]2[C@H](C1)C2(C)C)c1c[nH]c2cccc(Cl)c12. The number of hydrogen-bond donors (Lipinski definition) is 1. The lowest BCUT2D eigenvalue weighted by atomic mass is 9.86. The van der Waals surface area contributed by atoms with Gasteiger partial charge in [0.1, 0.15) is 0 Å². The van der Waals surface area contributed by atoms with E-state index < -0.39 is 0 Å². The minimum atomic E-state index is 0.582. The Hall–Kier alpha value is -0.950. The summed E-state index contributed by atoms with van der Waals surface area (Å²) >= 11 is 6.41. The fourth-order valence-electron chi connectivity index (χ4n) is 5.04. The van der Waals surface area contributed by atoms with Crippen LogP contribution in [0, 0.1) is 23.2 Å². The molecule has 2 fully saturated rings. The third-order valence-corrected chi connectivity index (χ3v) is 7.00. The molecule has 2 heteroatoms. The predicted molar refractivity (Wildman–Crippen MR) is 94.4 cm³/mol. The van der Waals surface area contributed by atoms with E-state index in [0.29, 0.717) is 11.3 Å². The molecule has 2 aliphatic rings. The second-order valence-corrected chi connectivity index (χ2v) is 8.66. The third kappa shape index (κ3) is 2.21. The van der Waals surface area contributed by atoms with E-state index in [0.717, 1.165) is 22.8 Å². The first-order valence-electron chi connectivity index (χ1n) is 8.74. The number of H-pyrrole nitrogens is 1. The zero-order chi connectivity index (χ0) is 15.5. The Morgan fingerprint density at radius 2 is 2.00 bits per heavy atom. The molecule has 1 aromatic carbocycles. The molecule has 1 nitrogen and oxygen atoms in total. The van der Waals surface area contributed by atoms with Gasteiger partial charge in [-0.15, -0.1) is 0 Å². The predicted octanol–water partition coefficient (Wildman–Crippen LogP) is 6.39. The Labute approximate surface area is 138 Å². The van der Waals surface area contributed by atoms with Gasteiger partial charge in [0, 0.05) is 17.1 Å². The van der Waals surface area contributed by atoms with Crippen molar-refractivity contribution in [3.8, 4) is 0 Å². The summed E-state index contributed by atoms with van der Waals surface area (Å²) < 4.78 is 0. The maximum Gasteiger partial charge on any atom is 0.0502 e. The van der Waals surface area contributed by atoms with Crippen LogP contribution in [0.4, 0.5) is 0 Å². The second kappa shape index (κ2) is 5.03. The average Bonchev–Trinajstić information content (AvgIpc) is 2.94. The van der Waals surface area contributed by atoms with Crippen molar-refractivity contribution in [1.29, 1.82) is 0 Å². The van der Waals surface area contributed by atoms with Gasteiger partial charge in [0.25, 0.3) is 0 Å². The molecule has 22 heavy (non-hydrogen) atoms. The quantitative estimate of drug-likeness (QED) is 0.673. The number of fused-ring (bicyclic) bond motifs is 2. The molecule has 1 N–H and O–H groups in total. The molecule has 2 unspecified atom stereocenters. The number of rotatable bonds is 4. The molecule has 2 saturated carbocycles. The zero-order valence-electron chi connectivity index (χ0n) is 13.8. The number of aromatic amines is 1. The molecule has 4 atom stereocenters. The van der Waals surface area contributed by atoms with Crippen molar-refractivity contribution in [2.75, 3.05) is 0 Å². The Morgan fingerprint density at radius 3 is 2.73 bits per heavy atom. The number of nitrogens with one attached hydrogen (secondary N) is 1. The van der Waals surface area contributed by atoms with E-state index in [1.165, 1.54) is 42.1 Å². The van der Waals surface area contributed by atoms with Gasteiger partial charge in [-0.2, -0.15) is 0 Å². The molecule has 0 bridgehead atoms. The average molecular weight is 316 g/mol. The molecule has 0 amide bonds. The summed E-state index contributed by atoms with van der Waals surface area (Å²) in [5.74, 6) is 3.59. The van der Waals surface area contributed by atoms with Crippen molar-refractivity contribution in [1.82, 2.24) is 4.98 Å². The first kappa shape index (κ1) is 14.6. The molecule has 4 rings (SSSR count). The van der Waals surface area contributed by atoms with Crippen LogP contribution >= 0.6 is 11.6 Å². The lowest BCUT2D eigenvalue weighted by molar-refractivity contribution is 0.347. The lowest BCUT2D eigenvalue weighted by Gasteiger charge is -2.19. The van der Waals surface area contributed by atoms with Gasteiger partial charge >= 0.3 is 0 Å². The largest absolute Gasteiger partial charge is 0.361 e. The highest BCUT2D eigenvalue weighted by Gasteiger charge is 2.61. The molecule has 2 aromatic rings. The monoisotopic (exact) mass is 315 g/mol. The summed E-state index contributed by atoms with van der Waals surface area (Å²) in [5.41, 5.74) is 3.22. The molecule has 0 spiro atoms. The van der Waals surface area contributed by atoms with Crippen LogP contribution in [-0.4, -0.2) is 4.98 Å². The van der Waals surface area contributed by atoms with Crippen molar-refractivity contribution >= 4 is 22.5 Å². The highest BCUT2D eigenvalue weighted by atomic mass is 35.5. The maximum absolute atomic E-state index is 6.41. The minimum Gasteiger partial charge on any atom is -0.361 e. The molecule has 0 saturated heterocycles. The van der Waals surface area contributed by atoms with Gasteiger partial charge in [-0.1, -0.05) is 38.4 Å². The Balaban J connectivity index is 1.41. The molecular formula is C20H26ClN. The topological polar surface area (TPSA) is 15.8 Å². The summed E-state index contributed by atoms with van der Waals surface area (Å²) in [5, 5.41) is 2.11. The summed E-state index contributed by atoms with van der Waals surface area (Å²) in [6.45, 7) is 7.26. The first-order chi connectivity index (χ1) is 10.5. The Morgan fingerprint density at radius 1 is 1.27 bits per heavy atom. The van der Waals surface area contributed by atoms with Gasteiger partial charge in [0.2, 0.25) is 0 Å². The van der Waals surface area contributed by atoms with Gasteiger partial charge in [-0.25, -0.2) is 0 Å². The summed E-state index contributed by atoms with van der Waals surface area (Å²) in [6.07, 6.45) is 7.76. The number of benzene rings is 1. The van der Waals surface area contributed by atoms with Crippen LogP contribution in [0.1, 0.15) is 57.9 Å². The normalized spacial score (nSPS) is 30.5. The lowest BCUT2D eigenvalue weighted by Crippen LogP contribution is -2.07. The molecule has 2 aliphatic carbocycles. The van der Waals surface area contributed by atoms with Crippen molar-refractivity contribution < 1.29 is 0 Å². The highest BCUT2D eigenvalue weighted by Crippen LogP contribution is 2.68. The molecular weight excluding hydrogens is 290 g/mol. The van der Waals surface area contributed by atoms with Crippen molar-refractivity contribution in [2.24, 2.45) is 23.2 Å². The summed E-state index contributed by atoms with van der Waals surface area (Å²) in [6, 6.07) is 6.13. The van der Waals surface area contributed by atoms with Gasteiger partial charge < -0.3 is 4.98 Å². The van der Waals surface area contributed by atoms with Crippen LogP contribution in [0.25, 0.3) is 10.9 Å². The number of halogens is 1. The van der Waals surface area contributed by atoms with Gasteiger partial charge in [0.15, 0.2) is 0 Å². The van der Waals surface area contributed by atoms with Crippen LogP contribution in [0.15, 0.2) is 24.4 Å². The van der Waals surface area contributed by atoms with E-state index in [2.05, 4.69) is 38.0 Å². The minimum absolute atomic E-state index is 0.582. The Bertz CT molecular complexity index is 685. The molecule has 1 heterocycles. The standard InChI is InChI=1S/C20H26ClN/c1-12(7-8-13-9-15-16(10-13)20(15,2)3)14-11-22-18-6-4-5-17(21)19(14)18/h4-6,11-13,15-16,22H,7-10H2,1-3H3/t12?,13?,15-,16+. The van der Waals surface area contributed by atoms with Crippen LogP contribution in [-0.2, 0) is 0 Å². The van der Waals surface area contributed by atoms with Crippen molar-refractivity contribution in [2.45, 2.75) is 52.4 Å². The summed E-state index contributed by atoms with van der Waals surface area (Å²) in [7, 11) is 0. The van der Waals surface area contributed by atoms with Crippen LogP contribution < -0.4 is 0 Å². The fraction of sp³-hybridized carbons (Fsp3) is 0.600. The van der Waals surface area contributed by atoms with Crippen molar-refractivity contribution in [3.05, 3.63) is 35.0 Å². The van der Waals surface area contributed by atoms with E-state index in [-0.39, 0.29) is 0 Å².